The Hall–Kier alpha value is -3.06. The average Bonchev–Trinajstić information content (AvgIpc) is 3.45. The lowest BCUT2D eigenvalue weighted by Gasteiger charge is -2.32. The lowest BCUT2D eigenvalue weighted by Crippen LogP contribution is -2.42. The third-order valence-corrected chi connectivity index (χ3v) is 10.6. The Morgan fingerprint density at radius 1 is 1.25 bits per heavy atom. The number of hydrogen-bond acceptors (Lipinski definition) is 15. The first-order valence-electron chi connectivity index (χ1n) is 13.5. The lowest BCUT2D eigenvalue weighted by atomic mass is 10.1. The minimum absolute atomic E-state index is 0.0883. The van der Waals surface area contributed by atoms with E-state index in [4.69, 9.17) is 24.5 Å². The van der Waals surface area contributed by atoms with E-state index in [0.29, 0.717) is 0 Å². The van der Waals surface area contributed by atoms with E-state index >= 15 is 0 Å². The van der Waals surface area contributed by atoms with Crippen LogP contribution in [0.15, 0.2) is 6.33 Å². The van der Waals surface area contributed by atoms with E-state index in [1.807, 2.05) is 0 Å². The zero-order valence-electron chi connectivity index (χ0n) is 25.5. The van der Waals surface area contributed by atoms with Gasteiger partial charge in [0.1, 0.15) is 17.7 Å². The number of amides is 3. The number of aromatic nitrogens is 4. The Balaban J connectivity index is 1.79. The van der Waals surface area contributed by atoms with E-state index in [1.54, 1.807) is 13.8 Å². The van der Waals surface area contributed by atoms with Gasteiger partial charge in [0, 0.05) is 19.8 Å². The van der Waals surface area contributed by atoms with E-state index in [1.165, 1.54) is 50.8 Å². The van der Waals surface area contributed by atoms with Crippen molar-refractivity contribution in [1.82, 2.24) is 34.4 Å². The molecule has 18 nitrogen and oxygen atoms in total. The normalized spacial score (nSPS) is 19.7. The number of methoxy groups -OCH3 is 1. The van der Waals surface area contributed by atoms with Gasteiger partial charge in [-0.15, -0.1) is 0 Å². The van der Waals surface area contributed by atoms with Crippen molar-refractivity contribution in [3.63, 3.8) is 0 Å². The van der Waals surface area contributed by atoms with Gasteiger partial charge in [-0.3, -0.25) is 23.6 Å². The van der Waals surface area contributed by atoms with Crippen molar-refractivity contribution >= 4 is 53.1 Å². The minimum atomic E-state index is -3.95. The second kappa shape index (κ2) is 14.4. The number of hydrogen-bond donors (Lipinski definition) is 4. The second-order valence-corrected chi connectivity index (χ2v) is 14.7. The van der Waals surface area contributed by atoms with Crippen LogP contribution in [-0.2, 0) is 28.2 Å². The van der Waals surface area contributed by atoms with Crippen LogP contribution < -0.4 is 15.6 Å². The Bertz CT molecular complexity index is 1410. The van der Waals surface area contributed by atoms with Gasteiger partial charge in [-0.05, 0) is 27.7 Å². The van der Waals surface area contributed by atoms with Gasteiger partial charge in [0.15, 0.2) is 17.4 Å². The SMILES string of the molecule is COc1nc(N)nc2c1ncn2[C@H](OCCO[P@](=O)(N[C@@H](C)C(=O)OC(C)C)SC[C@H]1C(=O)N(C)C(=O)N1C)[C@](C)(O)CO. The highest BCUT2D eigenvalue weighted by Gasteiger charge is 2.43. The van der Waals surface area contributed by atoms with Crippen molar-refractivity contribution in [1.29, 1.82) is 0 Å². The third kappa shape index (κ3) is 7.96. The van der Waals surface area contributed by atoms with Gasteiger partial charge >= 0.3 is 18.7 Å². The largest absolute Gasteiger partial charge is 0.479 e. The first kappa shape index (κ1) is 35.4. The van der Waals surface area contributed by atoms with Crippen LogP contribution in [-0.4, -0.2) is 128 Å². The Morgan fingerprint density at radius 3 is 2.50 bits per heavy atom. The number of esters is 1. The fourth-order valence-corrected chi connectivity index (χ4v) is 8.10. The zero-order valence-corrected chi connectivity index (χ0v) is 27.2. The summed E-state index contributed by atoms with van der Waals surface area (Å²) in [5, 5.41) is 23.5. The molecule has 3 rings (SSSR count). The molecule has 0 aliphatic carbocycles. The molecular weight excluding hydrogens is 623 g/mol. The number of nitrogens with two attached hydrogens (primary N) is 1. The number of nitrogens with zero attached hydrogens (tertiary/aromatic N) is 6. The zero-order chi connectivity index (χ0) is 33.0. The number of urea groups is 1. The van der Waals surface area contributed by atoms with Gasteiger partial charge < -0.3 is 39.6 Å². The summed E-state index contributed by atoms with van der Waals surface area (Å²) in [6.07, 6.45) is -0.406. The standard InChI is InChI=1S/C24H39N8O10PS/c1-13(2)42-20(35)14(3)29-43(38,44-10-15-19(34)31(6)23(36)30(15)5)41-9-8-40-21(24(4,37)11-33)32-12-26-16-17(32)27-22(25)28-18(16)39-7/h12-15,21,33,37H,8-11H2,1-7H3,(H,29,38)(H2,25,27,28)/t14-,15-,21+,24+,43+/m0/s1. The van der Waals surface area contributed by atoms with Crippen LogP contribution in [0.25, 0.3) is 11.2 Å². The predicted molar refractivity (Wildman–Crippen MR) is 159 cm³/mol. The first-order valence-corrected chi connectivity index (χ1v) is 16.7. The molecule has 0 saturated carbocycles. The predicted octanol–water partition coefficient (Wildman–Crippen LogP) is 0.356. The molecular formula is C24H39N8O10PS. The summed E-state index contributed by atoms with van der Waals surface area (Å²) >= 11 is 0.740. The quantitative estimate of drug-likeness (QED) is 0.0822. The number of imide groups is 1. The van der Waals surface area contributed by atoms with Gasteiger partial charge in [0.2, 0.25) is 11.8 Å². The number of ether oxygens (including phenoxy) is 3. The summed E-state index contributed by atoms with van der Waals surface area (Å²) in [4.78, 5) is 51.7. The third-order valence-electron chi connectivity index (χ3n) is 6.46. The number of fused-ring (bicyclic) bond motifs is 1. The first-order chi connectivity index (χ1) is 20.5. The number of anilines is 1. The number of aliphatic hydroxyl groups is 2. The maximum absolute atomic E-state index is 13.9. The van der Waals surface area contributed by atoms with Crippen LogP contribution in [0.4, 0.5) is 10.7 Å². The maximum Gasteiger partial charge on any atom is 0.327 e. The highest BCUT2D eigenvalue weighted by molar-refractivity contribution is 8.56. The minimum Gasteiger partial charge on any atom is -0.479 e. The molecule has 0 spiro atoms. The van der Waals surface area contributed by atoms with Crippen LogP contribution in [0.1, 0.15) is 33.9 Å². The fourth-order valence-electron chi connectivity index (χ4n) is 4.12. The molecule has 1 aliphatic heterocycles. The molecule has 1 aliphatic rings. The van der Waals surface area contributed by atoms with Crippen molar-refractivity contribution in [2.75, 3.05) is 52.5 Å². The topological polar surface area (TPSA) is 234 Å². The molecule has 2 aromatic rings. The number of carbonyl (C=O) groups is 3. The Labute approximate surface area is 257 Å². The Kier molecular flexibility index (Phi) is 11.6. The molecule has 0 radical (unpaired) electrons. The number of imidazole rings is 1. The summed E-state index contributed by atoms with van der Waals surface area (Å²) in [5.74, 6) is -1.29. The van der Waals surface area contributed by atoms with Gasteiger partial charge in [-0.25, -0.2) is 14.9 Å². The summed E-state index contributed by atoms with van der Waals surface area (Å²) in [5.41, 5.74) is 4.31. The highest BCUT2D eigenvalue weighted by Crippen LogP contribution is 2.57. The number of aliphatic hydroxyl groups excluding tert-OH is 1. The summed E-state index contributed by atoms with van der Waals surface area (Å²) in [7, 11) is 4.17. The summed E-state index contributed by atoms with van der Waals surface area (Å²) in [6, 6.07) is -2.47. The van der Waals surface area contributed by atoms with E-state index in [0.717, 1.165) is 16.3 Å². The van der Waals surface area contributed by atoms with Crippen molar-refractivity contribution < 1.29 is 47.9 Å². The van der Waals surface area contributed by atoms with E-state index < -0.39 is 61.3 Å². The maximum atomic E-state index is 13.9. The van der Waals surface area contributed by atoms with Gasteiger partial charge in [-0.2, -0.15) is 9.97 Å². The molecule has 5 N–H and O–H groups in total. The molecule has 3 amide bonds. The number of nitrogen functional groups attached to an aromatic ring is 1. The molecule has 0 aromatic carbocycles. The van der Waals surface area contributed by atoms with Crippen LogP contribution in [0.2, 0.25) is 0 Å². The molecule has 246 valence electrons. The molecule has 5 atom stereocenters. The van der Waals surface area contributed by atoms with Gasteiger partial charge in [0.25, 0.3) is 5.91 Å². The molecule has 3 heterocycles. The lowest BCUT2D eigenvalue weighted by molar-refractivity contribution is -0.158. The molecule has 20 heteroatoms. The molecule has 2 aromatic heterocycles. The average molecular weight is 663 g/mol. The summed E-state index contributed by atoms with van der Waals surface area (Å²) in [6.45, 7) is 0.818. The number of carbonyl (C=O) groups excluding carboxylic acids is 3. The van der Waals surface area contributed by atoms with Gasteiger partial charge in [0.05, 0.1) is 39.4 Å². The van der Waals surface area contributed by atoms with Crippen LogP contribution in [0.3, 0.4) is 0 Å². The summed E-state index contributed by atoms with van der Waals surface area (Å²) < 4.78 is 37.3. The number of likely N-dealkylation sites (N-methyl/N-ethyl adjacent to an activating group) is 2. The smallest absolute Gasteiger partial charge is 0.327 e. The van der Waals surface area contributed by atoms with Crippen LogP contribution in [0, 0.1) is 0 Å². The van der Waals surface area contributed by atoms with Crippen LogP contribution >= 0.6 is 18.1 Å². The number of rotatable bonds is 16. The highest BCUT2D eigenvalue weighted by atomic mass is 32.7. The van der Waals surface area contributed by atoms with Crippen molar-refractivity contribution in [2.24, 2.45) is 0 Å². The fraction of sp³-hybridized carbons (Fsp3) is 0.667. The van der Waals surface area contributed by atoms with Crippen LogP contribution in [0.5, 0.6) is 5.88 Å². The van der Waals surface area contributed by atoms with E-state index in [-0.39, 0.29) is 42.0 Å². The molecule has 1 saturated heterocycles. The molecule has 44 heavy (non-hydrogen) atoms. The van der Waals surface area contributed by atoms with Crippen molar-refractivity contribution in [3.05, 3.63) is 6.33 Å². The van der Waals surface area contributed by atoms with Crippen molar-refractivity contribution in [3.8, 4) is 5.88 Å². The molecule has 1 fully saturated rings. The molecule has 0 bridgehead atoms. The second-order valence-electron chi connectivity index (χ2n) is 10.4. The monoisotopic (exact) mass is 662 g/mol. The Morgan fingerprint density at radius 2 is 1.93 bits per heavy atom. The van der Waals surface area contributed by atoms with Gasteiger partial charge in [-0.1, -0.05) is 11.4 Å². The van der Waals surface area contributed by atoms with Crippen molar-refractivity contribution in [2.45, 2.75) is 57.7 Å². The van der Waals surface area contributed by atoms with E-state index in [2.05, 4.69) is 20.0 Å². The molecule has 0 unspecified atom stereocenters. The van der Waals surface area contributed by atoms with E-state index in [9.17, 15) is 29.2 Å². The number of nitrogens with one attached hydrogen (secondary N) is 1.